The number of rotatable bonds is 7. The second kappa shape index (κ2) is 6.65. The summed E-state index contributed by atoms with van der Waals surface area (Å²) >= 11 is 5.66. The molecule has 0 spiro atoms. The number of nitrogens with two attached hydrogens (primary N) is 1. The lowest BCUT2D eigenvalue weighted by Gasteiger charge is -2.30. The number of pyridine rings is 1. The highest BCUT2D eigenvalue weighted by molar-refractivity contribution is 7.88. The van der Waals surface area contributed by atoms with Crippen molar-refractivity contribution in [3.05, 3.63) is 29.0 Å². The van der Waals surface area contributed by atoms with Crippen LogP contribution in [0.15, 0.2) is 18.3 Å². The lowest BCUT2D eigenvalue weighted by molar-refractivity contribution is 0.363. The SMILES string of the molecule is CCC(CC)(CN)NS(=O)(=O)Cc1ccc(Cl)nc1. The van der Waals surface area contributed by atoms with Gasteiger partial charge in [0.2, 0.25) is 10.0 Å². The van der Waals surface area contributed by atoms with Crippen LogP contribution in [0.25, 0.3) is 0 Å². The Labute approximate surface area is 119 Å². The van der Waals surface area contributed by atoms with Crippen molar-refractivity contribution in [1.82, 2.24) is 9.71 Å². The number of nitrogens with zero attached hydrogens (tertiary/aromatic N) is 1. The Balaban J connectivity index is 2.84. The normalized spacial score (nSPS) is 12.6. The number of sulfonamides is 1. The van der Waals surface area contributed by atoms with Gasteiger partial charge in [0, 0.05) is 18.3 Å². The highest BCUT2D eigenvalue weighted by atomic mass is 35.5. The summed E-state index contributed by atoms with van der Waals surface area (Å²) < 4.78 is 27.0. The molecule has 1 aromatic heterocycles. The van der Waals surface area contributed by atoms with E-state index in [0.717, 1.165) is 0 Å². The Morgan fingerprint density at radius 2 is 2.00 bits per heavy atom. The molecule has 1 rings (SSSR count). The smallest absolute Gasteiger partial charge is 0.216 e. The van der Waals surface area contributed by atoms with E-state index in [1.807, 2.05) is 13.8 Å². The van der Waals surface area contributed by atoms with Gasteiger partial charge in [-0.2, -0.15) is 0 Å². The van der Waals surface area contributed by atoms with Gasteiger partial charge in [0.1, 0.15) is 5.15 Å². The lowest BCUT2D eigenvalue weighted by atomic mass is 9.95. The van der Waals surface area contributed by atoms with Gasteiger partial charge in [-0.05, 0) is 24.5 Å². The lowest BCUT2D eigenvalue weighted by Crippen LogP contribution is -2.53. The molecule has 0 aliphatic heterocycles. The first-order chi connectivity index (χ1) is 8.86. The number of hydrogen-bond donors (Lipinski definition) is 2. The van der Waals surface area contributed by atoms with E-state index in [4.69, 9.17) is 17.3 Å². The molecular formula is C12H20ClN3O2S. The summed E-state index contributed by atoms with van der Waals surface area (Å²) in [4.78, 5) is 3.87. The van der Waals surface area contributed by atoms with Gasteiger partial charge < -0.3 is 5.73 Å². The maximum absolute atomic E-state index is 12.1. The van der Waals surface area contributed by atoms with Crippen molar-refractivity contribution in [1.29, 1.82) is 0 Å². The molecule has 0 fully saturated rings. The summed E-state index contributed by atoms with van der Waals surface area (Å²) in [5.41, 5.74) is 5.71. The van der Waals surface area contributed by atoms with Gasteiger partial charge in [0.05, 0.1) is 5.75 Å². The van der Waals surface area contributed by atoms with Gasteiger partial charge in [-0.15, -0.1) is 0 Å². The first kappa shape index (κ1) is 16.4. The molecule has 1 heterocycles. The zero-order valence-corrected chi connectivity index (χ0v) is 12.8. The first-order valence-electron chi connectivity index (χ1n) is 6.18. The van der Waals surface area contributed by atoms with Crippen molar-refractivity contribution in [2.45, 2.75) is 38.0 Å². The molecule has 108 valence electrons. The fourth-order valence-electron chi connectivity index (χ4n) is 1.80. The molecule has 1 aromatic rings. The third kappa shape index (κ3) is 4.72. The van der Waals surface area contributed by atoms with Crippen LogP contribution < -0.4 is 10.5 Å². The molecule has 0 aromatic carbocycles. The first-order valence-corrected chi connectivity index (χ1v) is 8.21. The number of nitrogens with one attached hydrogen (secondary N) is 1. The van der Waals surface area contributed by atoms with Gasteiger partial charge in [-0.3, -0.25) is 0 Å². The minimum atomic E-state index is -3.45. The highest BCUT2D eigenvalue weighted by Gasteiger charge is 2.29. The van der Waals surface area contributed by atoms with Gasteiger partial charge in [-0.25, -0.2) is 18.1 Å². The minimum Gasteiger partial charge on any atom is -0.329 e. The minimum absolute atomic E-state index is 0.126. The second-order valence-corrected chi connectivity index (χ2v) is 6.65. The molecule has 0 radical (unpaired) electrons. The van der Waals surface area contributed by atoms with Crippen LogP contribution in [-0.2, 0) is 15.8 Å². The van der Waals surface area contributed by atoms with E-state index < -0.39 is 15.6 Å². The Hall–Kier alpha value is -0.690. The summed E-state index contributed by atoms with van der Waals surface area (Å²) in [7, 11) is -3.45. The molecule has 0 aliphatic rings. The third-order valence-electron chi connectivity index (χ3n) is 3.26. The van der Waals surface area contributed by atoms with Crippen LogP contribution in [-0.4, -0.2) is 25.5 Å². The zero-order valence-electron chi connectivity index (χ0n) is 11.2. The van der Waals surface area contributed by atoms with Crippen molar-refractivity contribution >= 4 is 21.6 Å². The molecule has 0 unspecified atom stereocenters. The van der Waals surface area contributed by atoms with E-state index in [1.165, 1.54) is 6.20 Å². The van der Waals surface area contributed by atoms with Crippen LogP contribution in [0.1, 0.15) is 32.3 Å². The third-order valence-corrected chi connectivity index (χ3v) is 4.94. The van der Waals surface area contributed by atoms with E-state index in [2.05, 4.69) is 9.71 Å². The number of hydrogen-bond acceptors (Lipinski definition) is 4. The van der Waals surface area contributed by atoms with Gasteiger partial charge >= 0.3 is 0 Å². The predicted molar refractivity (Wildman–Crippen MR) is 77.4 cm³/mol. The molecule has 0 amide bonds. The molecule has 0 atom stereocenters. The van der Waals surface area contributed by atoms with Gasteiger partial charge in [0.15, 0.2) is 0 Å². The van der Waals surface area contributed by atoms with Crippen molar-refractivity contribution < 1.29 is 8.42 Å². The molecular weight excluding hydrogens is 286 g/mol. The van der Waals surface area contributed by atoms with E-state index in [-0.39, 0.29) is 12.3 Å². The van der Waals surface area contributed by atoms with Crippen molar-refractivity contribution in [2.24, 2.45) is 5.73 Å². The summed E-state index contributed by atoms with van der Waals surface area (Å²) in [6, 6.07) is 3.22. The molecule has 0 saturated heterocycles. The molecule has 5 nitrogen and oxygen atoms in total. The van der Waals surface area contributed by atoms with E-state index in [1.54, 1.807) is 12.1 Å². The number of halogens is 1. The summed E-state index contributed by atoms with van der Waals surface area (Å²) in [6.45, 7) is 4.11. The van der Waals surface area contributed by atoms with E-state index in [0.29, 0.717) is 23.6 Å². The molecule has 0 bridgehead atoms. The van der Waals surface area contributed by atoms with Crippen molar-refractivity contribution in [3.8, 4) is 0 Å². The summed E-state index contributed by atoms with van der Waals surface area (Å²) in [5.74, 6) is -0.126. The summed E-state index contributed by atoms with van der Waals surface area (Å²) in [5, 5.41) is 0.340. The highest BCUT2D eigenvalue weighted by Crippen LogP contribution is 2.16. The Bertz CT molecular complexity index is 490. The maximum Gasteiger partial charge on any atom is 0.216 e. The van der Waals surface area contributed by atoms with E-state index in [9.17, 15) is 8.42 Å². The van der Waals surface area contributed by atoms with Crippen molar-refractivity contribution in [3.63, 3.8) is 0 Å². The largest absolute Gasteiger partial charge is 0.329 e. The number of aromatic nitrogens is 1. The molecule has 7 heteroatoms. The average molecular weight is 306 g/mol. The van der Waals surface area contributed by atoms with Gasteiger partial charge in [0.25, 0.3) is 0 Å². The second-order valence-electron chi connectivity index (χ2n) is 4.54. The standard InChI is InChI=1S/C12H20ClN3O2S/c1-3-12(4-2,9-14)16-19(17,18)8-10-5-6-11(13)15-7-10/h5-7,16H,3-4,8-9,14H2,1-2H3. The van der Waals surface area contributed by atoms with Gasteiger partial charge in [-0.1, -0.05) is 31.5 Å². The van der Waals surface area contributed by atoms with Crippen LogP contribution in [0.5, 0.6) is 0 Å². The molecule has 0 saturated carbocycles. The van der Waals surface area contributed by atoms with Crippen LogP contribution in [0.4, 0.5) is 0 Å². The molecule has 0 aliphatic carbocycles. The van der Waals surface area contributed by atoms with Crippen LogP contribution in [0.2, 0.25) is 5.15 Å². The van der Waals surface area contributed by atoms with Crippen molar-refractivity contribution in [2.75, 3.05) is 6.54 Å². The Morgan fingerprint density at radius 1 is 1.37 bits per heavy atom. The van der Waals surface area contributed by atoms with E-state index >= 15 is 0 Å². The predicted octanol–water partition coefficient (Wildman–Crippen LogP) is 1.67. The Kier molecular flexibility index (Phi) is 5.73. The summed E-state index contributed by atoms with van der Waals surface area (Å²) in [6.07, 6.45) is 2.76. The molecule has 19 heavy (non-hydrogen) atoms. The monoisotopic (exact) mass is 305 g/mol. The topological polar surface area (TPSA) is 85.1 Å². The van der Waals surface area contributed by atoms with Crippen LogP contribution >= 0.6 is 11.6 Å². The maximum atomic E-state index is 12.1. The molecule has 3 N–H and O–H groups in total. The Morgan fingerprint density at radius 3 is 2.42 bits per heavy atom. The van der Waals surface area contributed by atoms with Crippen LogP contribution in [0, 0.1) is 0 Å². The zero-order chi connectivity index (χ0) is 14.5. The van der Waals surface area contributed by atoms with Crippen LogP contribution in [0.3, 0.4) is 0 Å². The fourth-order valence-corrected chi connectivity index (χ4v) is 3.63. The fraction of sp³-hybridized carbons (Fsp3) is 0.583. The quantitative estimate of drug-likeness (QED) is 0.750. The average Bonchev–Trinajstić information content (AvgIpc) is 2.39.